The fourth-order valence-electron chi connectivity index (χ4n) is 3.58. The van der Waals surface area contributed by atoms with Crippen molar-refractivity contribution in [3.05, 3.63) is 109 Å². The van der Waals surface area contributed by atoms with Gasteiger partial charge in [0.05, 0.1) is 12.7 Å². The van der Waals surface area contributed by atoms with Gasteiger partial charge in [-0.15, -0.1) is 0 Å². The van der Waals surface area contributed by atoms with Gasteiger partial charge in [0.2, 0.25) is 0 Å². The molecule has 0 aliphatic carbocycles. The van der Waals surface area contributed by atoms with E-state index in [0.29, 0.717) is 41.6 Å². The van der Waals surface area contributed by atoms with Gasteiger partial charge in [0.1, 0.15) is 17.1 Å². The van der Waals surface area contributed by atoms with Crippen molar-refractivity contribution in [3.63, 3.8) is 0 Å². The van der Waals surface area contributed by atoms with Gasteiger partial charge in [-0.05, 0) is 30.7 Å². The number of nitrogens with one attached hydrogen (secondary N) is 1. The lowest BCUT2D eigenvalue weighted by atomic mass is 10.1. The van der Waals surface area contributed by atoms with E-state index in [1.54, 1.807) is 36.7 Å². The molecule has 10 nitrogen and oxygen atoms in total. The molecule has 0 spiro atoms. The van der Waals surface area contributed by atoms with Gasteiger partial charge in [-0.25, -0.2) is 14.8 Å². The second-order valence-electron chi connectivity index (χ2n) is 8.05. The Labute approximate surface area is 226 Å². The van der Waals surface area contributed by atoms with E-state index >= 15 is 0 Å². The van der Waals surface area contributed by atoms with Crippen LogP contribution in [-0.2, 0) is 6.54 Å². The summed E-state index contributed by atoms with van der Waals surface area (Å²) in [4.78, 5) is 37.5. The third-order valence-electron chi connectivity index (χ3n) is 5.36. The summed E-state index contributed by atoms with van der Waals surface area (Å²) in [6, 6.07) is 21.3. The zero-order valence-electron chi connectivity index (χ0n) is 21.6. The Balaban J connectivity index is 0.000000983. The molecule has 4 rings (SSSR count). The number of rotatable bonds is 9. The largest absolute Gasteiger partial charge is 0.503 e. The Morgan fingerprint density at radius 1 is 1.00 bits per heavy atom. The minimum atomic E-state index is -1.83. The molecule has 0 aliphatic heterocycles. The number of hydrogen-bond donors (Lipinski definition) is 3. The molecule has 1 amide bonds. The lowest BCUT2D eigenvalue weighted by Gasteiger charge is -2.23. The van der Waals surface area contributed by atoms with Crippen molar-refractivity contribution in [2.45, 2.75) is 13.5 Å². The van der Waals surface area contributed by atoms with Crippen LogP contribution in [0.15, 0.2) is 97.5 Å². The molecule has 0 bridgehead atoms. The average Bonchev–Trinajstić information content (AvgIpc) is 2.95. The van der Waals surface area contributed by atoms with Crippen LogP contribution in [0.25, 0.3) is 11.4 Å². The summed E-state index contributed by atoms with van der Waals surface area (Å²) in [6.45, 7) is 2.87. The number of hydrogen-bond acceptors (Lipinski definition) is 7. The summed E-state index contributed by atoms with van der Waals surface area (Å²) in [5.74, 6) is 1.25. The van der Waals surface area contributed by atoms with Crippen LogP contribution in [0.3, 0.4) is 0 Å². The molecular weight excluding hydrogens is 498 g/mol. The van der Waals surface area contributed by atoms with Gasteiger partial charge in [0.25, 0.3) is 5.91 Å². The topological polar surface area (TPSA) is 138 Å². The molecular formula is C29H29N5O5. The van der Waals surface area contributed by atoms with Crippen molar-refractivity contribution in [3.8, 4) is 17.1 Å². The van der Waals surface area contributed by atoms with E-state index in [1.807, 2.05) is 79.7 Å². The van der Waals surface area contributed by atoms with Crippen LogP contribution < -0.4 is 10.1 Å². The number of pyridine rings is 1. The van der Waals surface area contributed by atoms with Crippen LogP contribution >= 0.6 is 0 Å². The zero-order chi connectivity index (χ0) is 28.0. The van der Waals surface area contributed by atoms with E-state index in [0.717, 1.165) is 11.3 Å². The number of aromatic nitrogens is 3. The van der Waals surface area contributed by atoms with E-state index in [4.69, 9.17) is 24.7 Å². The molecule has 2 aromatic carbocycles. The van der Waals surface area contributed by atoms with Crippen LogP contribution in [-0.4, -0.2) is 55.8 Å². The molecule has 10 heteroatoms. The highest BCUT2D eigenvalue weighted by atomic mass is 16.6. The van der Waals surface area contributed by atoms with Crippen molar-refractivity contribution >= 4 is 23.6 Å². The Morgan fingerprint density at radius 2 is 1.67 bits per heavy atom. The second-order valence-corrected chi connectivity index (χ2v) is 8.05. The van der Waals surface area contributed by atoms with Crippen molar-refractivity contribution < 1.29 is 24.5 Å². The van der Waals surface area contributed by atoms with Crippen LogP contribution in [0.5, 0.6) is 5.75 Å². The number of para-hydroxylation sites is 1. The van der Waals surface area contributed by atoms with E-state index in [-0.39, 0.29) is 5.91 Å². The first-order valence-electron chi connectivity index (χ1n) is 12.0. The number of methoxy groups -OCH3 is 1. The van der Waals surface area contributed by atoms with E-state index in [9.17, 15) is 4.79 Å². The van der Waals surface area contributed by atoms with Crippen LogP contribution in [0, 0.1) is 0 Å². The molecule has 2 aromatic heterocycles. The molecule has 0 aliphatic rings. The van der Waals surface area contributed by atoms with Crippen LogP contribution in [0.4, 0.5) is 16.3 Å². The van der Waals surface area contributed by atoms with Gasteiger partial charge in [-0.3, -0.25) is 9.78 Å². The molecule has 39 heavy (non-hydrogen) atoms. The molecule has 0 unspecified atom stereocenters. The van der Waals surface area contributed by atoms with E-state index < -0.39 is 6.16 Å². The maximum Gasteiger partial charge on any atom is 0.503 e. The predicted molar refractivity (Wildman–Crippen MR) is 148 cm³/mol. The Bertz CT molecular complexity index is 1390. The summed E-state index contributed by atoms with van der Waals surface area (Å²) in [5.41, 5.74) is 2.87. The number of carbonyl (C=O) groups excluding carboxylic acids is 1. The fourth-order valence-corrected chi connectivity index (χ4v) is 3.58. The van der Waals surface area contributed by atoms with Crippen molar-refractivity contribution in [2.75, 3.05) is 19.0 Å². The first-order chi connectivity index (χ1) is 18.9. The van der Waals surface area contributed by atoms with Crippen LogP contribution in [0.1, 0.15) is 22.8 Å². The lowest BCUT2D eigenvalue weighted by molar-refractivity contribution is 0.0762. The van der Waals surface area contributed by atoms with Gasteiger partial charge in [0, 0.05) is 37.4 Å². The molecule has 0 radical (unpaired) electrons. The summed E-state index contributed by atoms with van der Waals surface area (Å²) in [7, 11) is 1.59. The number of amides is 1. The molecule has 0 atom stereocenters. The maximum atomic E-state index is 13.8. The minimum Gasteiger partial charge on any atom is -0.496 e. The number of ether oxygens (including phenoxy) is 1. The third-order valence-corrected chi connectivity index (χ3v) is 5.36. The number of carboxylic acid groups (broad SMARTS) is 2. The second kappa shape index (κ2) is 14.5. The van der Waals surface area contributed by atoms with E-state index in [1.165, 1.54) is 0 Å². The molecule has 3 N–H and O–H groups in total. The number of carbonyl (C=O) groups is 2. The Morgan fingerprint density at radius 3 is 2.31 bits per heavy atom. The third kappa shape index (κ3) is 8.39. The molecule has 0 fully saturated rings. The fraction of sp³-hybridized carbons (Fsp3) is 0.138. The van der Waals surface area contributed by atoms with E-state index in [2.05, 4.69) is 15.3 Å². The van der Waals surface area contributed by atoms with Crippen LogP contribution in [0.2, 0.25) is 0 Å². The summed E-state index contributed by atoms with van der Waals surface area (Å²) in [6.07, 6.45) is 6.92. The Hall–Kier alpha value is -5.25. The van der Waals surface area contributed by atoms with Crippen molar-refractivity contribution in [2.24, 2.45) is 0 Å². The molecule has 200 valence electrons. The standard InChI is InChI=1S/C28H27N5O2.CH2O3/c1-3-4-17-33(20-21-11-7-5-8-12-21)28(34)24-19-30-26(23-18-29-16-15-25(23)35-2)32-27(24)31-22-13-9-6-10-14-22;2-1(3)4/h3-16,18-19H,17,20H2,1-2H3,(H,30,31,32);(H2,2,3,4)/b4-3+;. The molecule has 4 aromatic rings. The smallest absolute Gasteiger partial charge is 0.496 e. The number of nitrogens with zero attached hydrogens (tertiary/aromatic N) is 4. The SMILES string of the molecule is C/C=C/CN(Cc1ccccc1)C(=O)c1cnc(-c2cnccc2OC)nc1Nc1ccccc1.O=C(O)O. The van der Waals surface area contributed by atoms with Gasteiger partial charge in [0.15, 0.2) is 5.82 Å². The van der Waals surface area contributed by atoms with Gasteiger partial charge >= 0.3 is 6.16 Å². The quantitative estimate of drug-likeness (QED) is 0.233. The minimum absolute atomic E-state index is 0.171. The first kappa shape index (κ1) is 28.3. The van der Waals surface area contributed by atoms with Gasteiger partial charge in [-0.1, -0.05) is 60.7 Å². The zero-order valence-corrected chi connectivity index (χ0v) is 21.6. The maximum absolute atomic E-state index is 13.8. The molecule has 0 saturated carbocycles. The monoisotopic (exact) mass is 527 g/mol. The average molecular weight is 528 g/mol. The first-order valence-corrected chi connectivity index (χ1v) is 12.0. The highest BCUT2D eigenvalue weighted by Crippen LogP contribution is 2.29. The molecule has 0 saturated heterocycles. The summed E-state index contributed by atoms with van der Waals surface area (Å²) < 4.78 is 5.46. The Kier molecular flexibility index (Phi) is 10.5. The number of allylic oxidation sites excluding steroid dienone is 1. The van der Waals surface area contributed by atoms with Crippen molar-refractivity contribution in [1.82, 2.24) is 19.9 Å². The lowest BCUT2D eigenvalue weighted by Crippen LogP contribution is -2.31. The summed E-state index contributed by atoms with van der Waals surface area (Å²) >= 11 is 0. The normalized spacial score (nSPS) is 10.3. The highest BCUT2D eigenvalue weighted by molar-refractivity contribution is 5.99. The van der Waals surface area contributed by atoms with Gasteiger partial charge < -0.3 is 25.2 Å². The predicted octanol–water partition coefficient (Wildman–Crippen LogP) is 5.73. The highest BCUT2D eigenvalue weighted by Gasteiger charge is 2.22. The summed E-state index contributed by atoms with van der Waals surface area (Å²) in [5, 5.41) is 17.2. The van der Waals surface area contributed by atoms with Gasteiger partial charge in [-0.2, -0.15) is 0 Å². The number of benzene rings is 2. The molecule has 2 heterocycles. The van der Waals surface area contributed by atoms with Crippen molar-refractivity contribution in [1.29, 1.82) is 0 Å². The number of anilines is 2.